The molecule has 3 aromatic carbocycles. The smallest absolute Gasteiger partial charge is 0.415 e. The third kappa shape index (κ3) is 5.07. The Morgan fingerprint density at radius 2 is 1.51 bits per heavy atom. The number of fused-ring (bicyclic) bond motifs is 1. The maximum absolute atomic E-state index is 14.4. The van der Waals surface area contributed by atoms with Crippen LogP contribution in [0.2, 0.25) is 0 Å². The Labute approximate surface area is 212 Å². The van der Waals surface area contributed by atoms with Crippen molar-refractivity contribution in [3.63, 3.8) is 0 Å². The predicted octanol–water partition coefficient (Wildman–Crippen LogP) is 6.63. The van der Waals surface area contributed by atoms with E-state index in [-0.39, 0.29) is 12.1 Å². The summed E-state index contributed by atoms with van der Waals surface area (Å²) < 4.78 is 59.9. The summed E-state index contributed by atoms with van der Waals surface area (Å²) in [7, 11) is 3.06. The Morgan fingerprint density at radius 3 is 2.19 bits per heavy atom. The Kier molecular flexibility index (Phi) is 7.61. The third-order valence-electron chi connectivity index (χ3n) is 6.24. The first-order chi connectivity index (χ1) is 17.8. The molecule has 6 nitrogen and oxygen atoms in total. The number of methoxy groups -OCH3 is 2. The van der Waals surface area contributed by atoms with Crippen molar-refractivity contribution in [2.45, 2.75) is 20.4 Å². The summed E-state index contributed by atoms with van der Waals surface area (Å²) >= 11 is 0. The van der Waals surface area contributed by atoms with Gasteiger partial charge in [-0.2, -0.15) is 0 Å². The van der Waals surface area contributed by atoms with Crippen LogP contribution in [0.25, 0.3) is 22.0 Å². The van der Waals surface area contributed by atoms with Crippen molar-refractivity contribution in [1.29, 1.82) is 0 Å². The van der Waals surface area contributed by atoms with Gasteiger partial charge in [0.2, 0.25) is 0 Å². The second-order valence-electron chi connectivity index (χ2n) is 8.28. The van der Waals surface area contributed by atoms with Crippen molar-refractivity contribution in [3.05, 3.63) is 77.7 Å². The van der Waals surface area contributed by atoms with Crippen LogP contribution in [0.1, 0.15) is 19.4 Å². The van der Waals surface area contributed by atoms with Gasteiger partial charge in [0.05, 0.1) is 20.8 Å². The van der Waals surface area contributed by atoms with Crippen molar-refractivity contribution < 1.29 is 32.2 Å². The zero-order chi connectivity index (χ0) is 26.7. The summed E-state index contributed by atoms with van der Waals surface area (Å²) in [5.41, 5.74) is 1.99. The van der Waals surface area contributed by atoms with Gasteiger partial charge in [0.15, 0.2) is 23.1 Å². The molecular formula is C28H27F3N2O4. The summed E-state index contributed by atoms with van der Waals surface area (Å²) in [6, 6.07) is 11.9. The molecule has 9 heteroatoms. The number of carbonyl (C=O) groups is 1. The topological polar surface area (TPSA) is 52.9 Å². The highest BCUT2D eigenvalue weighted by atomic mass is 19.2. The summed E-state index contributed by atoms with van der Waals surface area (Å²) in [5.74, 6) is -1.86. The molecular weight excluding hydrogens is 485 g/mol. The second kappa shape index (κ2) is 10.9. The number of nitrogens with zero attached hydrogens (tertiary/aromatic N) is 2. The van der Waals surface area contributed by atoms with E-state index in [1.807, 2.05) is 19.9 Å². The first-order valence-corrected chi connectivity index (χ1v) is 11.8. The molecule has 0 aliphatic heterocycles. The van der Waals surface area contributed by atoms with Crippen LogP contribution in [-0.4, -0.2) is 42.9 Å². The number of hydrogen-bond donors (Lipinski definition) is 0. The number of aromatic nitrogens is 1. The molecule has 0 N–H and O–H groups in total. The third-order valence-corrected chi connectivity index (χ3v) is 6.24. The Bertz CT molecular complexity index is 1450. The van der Waals surface area contributed by atoms with E-state index in [0.29, 0.717) is 58.4 Å². The van der Waals surface area contributed by atoms with Crippen LogP contribution in [0.3, 0.4) is 0 Å². The molecule has 0 saturated heterocycles. The molecule has 0 aliphatic carbocycles. The monoisotopic (exact) mass is 512 g/mol. The molecule has 1 heterocycles. The van der Waals surface area contributed by atoms with Crippen LogP contribution in [0.15, 0.2) is 54.7 Å². The highest BCUT2D eigenvalue weighted by Crippen LogP contribution is 2.41. The van der Waals surface area contributed by atoms with Gasteiger partial charge in [0.25, 0.3) is 0 Å². The van der Waals surface area contributed by atoms with Crippen LogP contribution < -0.4 is 14.2 Å². The van der Waals surface area contributed by atoms with Crippen molar-refractivity contribution in [1.82, 2.24) is 9.47 Å². The summed E-state index contributed by atoms with van der Waals surface area (Å²) in [5, 5.41) is 0.708. The fraction of sp³-hybridized carbons (Fsp3) is 0.250. The van der Waals surface area contributed by atoms with E-state index < -0.39 is 23.5 Å². The minimum absolute atomic E-state index is 0.00102. The molecule has 4 rings (SSSR count). The van der Waals surface area contributed by atoms with Gasteiger partial charge in [-0.15, -0.1) is 0 Å². The van der Waals surface area contributed by atoms with E-state index in [2.05, 4.69) is 0 Å². The van der Waals surface area contributed by atoms with Crippen LogP contribution in [0.4, 0.5) is 18.0 Å². The lowest BCUT2D eigenvalue weighted by Gasteiger charge is -2.20. The lowest BCUT2D eigenvalue weighted by Crippen LogP contribution is -2.33. The van der Waals surface area contributed by atoms with E-state index in [9.17, 15) is 18.0 Å². The summed E-state index contributed by atoms with van der Waals surface area (Å²) in [6.45, 7) is 4.66. The van der Waals surface area contributed by atoms with Gasteiger partial charge in [0, 0.05) is 47.4 Å². The van der Waals surface area contributed by atoms with E-state index in [4.69, 9.17) is 14.2 Å². The number of amides is 1. The highest BCUT2D eigenvalue weighted by Gasteiger charge is 2.21. The normalized spacial score (nSPS) is 11.0. The fourth-order valence-corrected chi connectivity index (χ4v) is 4.27. The fourth-order valence-electron chi connectivity index (χ4n) is 4.27. The second-order valence-corrected chi connectivity index (χ2v) is 8.28. The molecule has 0 aliphatic rings. The van der Waals surface area contributed by atoms with Crippen LogP contribution in [-0.2, 0) is 6.54 Å². The molecule has 0 spiro atoms. The quantitative estimate of drug-likeness (QED) is 0.249. The average Bonchev–Trinajstić information content (AvgIpc) is 3.30. The molecule has 1 amide bonds. The van der Waals surface area contributed by atoms with Gasteiger partial charge in [-0.05, 0) is 55.8 Å². The van der Waals surface area contributed by atoms with Crippen molar-refractivity contribution >= 4 is 17.0 Å². The number of halogens is 3. The average molecular weight is 513 g/mol. The Morgan fingerprint density at radius 1 is 0.838 bits per heavy atom. The van der Waals surface area contributed by atoms with Crippen LogP contribution in [0.5, 0.6) is 17.2 Å². The van der Waals surface area contributed by atoms with Crippen LogP contribution >= 0.6 is 0 Å². The molecule has 194 valence electrons. The molecule has 4 aromatic rings. The SMILES string of the molecule is CCN(CC)C(=O)Oc1ccc2c(ccn2Cc2cc(F)c(F)cc2F)c1-c1ccc(OC)c(OC)c1. The first-order valence-electron chi connectivity index (χ1n) is 11.8. The molecule has 0 atom stereocenters. The highest BCUT2D eigenvalue weighted by molar-refractivity contribution is 6.00. The standard InChI is InChI=1S/C28H27F3N2O4/c1-5-32(6-2)28(34)37-25-10-8-23-19(27(25)17-7-9-24(35-3)26(14-17)36-4)11-12-33(23)16-18-13-21(30)22(31)15-20(18)29/h7-15H,5-6,16H2,1-4H3. The number of carbonyl (C=O) groups excluding carboxylic acids is 1. The zero-order valence-corrected chi connectivity index (χ0v) is 21.0. The number of rotatable bonds is 8. The van der Waals surface area contributed by atoms with Gasteiger partial charge in [-0.25, -0.2) is 18.0 Å². The maximum Gasteiger partial charge on any atom is 0.415 e. The minimum atomic E-state index is -1.24. The molecule has 0 radical (unpaired) electrons. The Balaban J connectivity index is 1.86. The van der Waals surface area contributed by atoms with Crippen LogP contribution in [0, 0.1) is 17.5 Å². The molecule has 0 saturated carbocycles. The molecule has 0 unspecified atom stereocenters. The minimum Gasteiger partial charge on any atom is -0.493 e. The zero-order valence-electron chi connectivity index (χ0n) is 21.0. The van der Waals surface area contributed by atoms with Crippen molar-refractivity contribution in [2.24, 2.45) is 0 Å². The lowest BCUT2D eigenvalue weighted by molar-refractivity contribution is 0.157. The lowest BCUT2D eigenvalue weighted by atomic mass is 10.00. The Hall–Kier alpha value is -4.14. The number of hydrogen-bond acceptors (Lipinski definition) is 4. The van der Waals surface area contributed by atoms with E-state index in [1.54, 1.807) is 46.0 Å². The van der Waals surface area contributed by atoms with Gasteiger partial charge in [0.1, 0.15) is 11.6 Å². The van der Waals surface area contributed by atoms with Gasteiger partial charge >= 0.3 is 6.09 Å². The van der Waals surface area contributed by atoms with Gasteiger partial charge < -0.3 is 23.7 Å². The first kappa shape index (κ1) is 25.9. The molecule has 0 bridgehead atoms. The maximum atomic E-state index is 14.4. The molecule has 0 fully saturated rings. The summed E-state index contributed by atoms with van der Waals surface area (Å²) in [4.78, 5) is 14.4. The van der Waals surface area contributed by atoms with Gasteiger partial charge in [-0.1, -0.05) is 6.07 Å². The van der Waals surface area contributed by atoms with E-state index in [0.717, 1.165) is 6.07 Å². The summed E-state index contributed by atoms with van der Waals surface area (Å²) in [6.07, 6.45) is 1.22. The number of ether oxygens (including phenoxy) is 3. The van der Waals surface area contributed by atoms with Crippen molar-refractivity contribution in [3.8, 4) is 28.4 Å². The van der Waals surface area contributed by atoms with E-state index >= 15 is 0 Å². The molecule has 37 heavy (non-hydrogen) atoms. The molecule has 1 aromatic heterocycles. The largest absolute Gasteiger partial charge is 0.493 e. The van der Waals surface area contributed by atoms with Gasteiger partial charge in [-0.3, -0.25) is 0 Å². The predicted molar refractivity (Wildman–Crippen MR) is 135 cm³/mol. The van der Waals surface area contributed by atoms with E-state index in [1.165, 1.54) is 14.2 Å². The number of benzene rings is 3. The van der Waals surface area contributed by atoms with Crippen molar-refractivity contribution in [2.75, 3.05) is 27.3 Å².